The summed E-state index contributed by atoms with van der Waals surface area (Å²) >= 11 is 1.03. The molecule has 0 aliphatic rings. The summed E-state index contributed by atoms with van der Waals surface area (Å²) in [7, 11) is -0.504. The first kappa shape index (κ1) is 25.4. The minimum absolute atomic E-state index is 0.179. The number of nitrogens with one attached hydrogen (secondary N) is 1. The van der Waals surface area contributed by atoms with Gasteiger partial charge >= 0.3 is 5.69 Å². The normalized spacial score (nSPS) is 11.5. The smallest absolute Gasteiger partial charge is 0.331 e. The molecule has 9 nitrogen and oxygen atoms in total. The van der Waals surface area contributed by atoms with E-state index in [9.17, 15) is 22.8 Å². The van der Waals surface area contributed by atoms with Crippen LogP contribution in [-0.4, -0.2) is 36.3 Å². The lowest BCUT2D eigenvalue weighted by molar-refractivity contribution is 0.0955. The van der Waals surface area contributed by atoms with Crippen molar-refractivity contribution >= 4 is 37.3 Å². The van der Waals surface area contributed by atoms with Gasteiger partial charge in [-0.25, -0.2) is 13.2 Å². The summed E-state index contributed by atoms with van der Waals surface area (Å²) in [6, 6.07) is 17.4. The largest absolute Gasteiger partial charge is 0.497 e. The van der Waals surface area contributed by atoms with Gasteiger partial charge in [0.1, 0.15) is 10.6 Å². The summed E-state index contributed by atoms with van der Waals surface area (Å²) in [5.41, 5.74) is 0.227. The van der Waals surface area contributed by atoms with E-state index in [0.717, 1.165) is 21.5 Å². The molecule has 36 heavy (non-hydrogen) atoms. The molecule has 0 radical (unpaired) electrons. The highest BCUT2D eigenvalue weighted by Crippen LogP contribution is 2.22. The predicted octanol–water partition coefficient (Wildman–Crippen LogP) is 2.32. The Morgan fingerprint density at radius 3 is 2.47 bits per heavy atom. The zero-order chi connectivity index (χ0) is 25.9. The topological polar surface area (TPSA) is 116 Å². The number of hydrogen-bond acceptors (Lipinski definition) is 7. The Kier molecular flexibility index (Phi) is 7.41. The monoisotopic (exact) mass is 527 g/mol. The summed E-state index contributed by atoms with van der Waals surface area (Å²) in [5.74, 6) is -0.255. The van der Waals surface area contributed by atoms with Crippen LogP contribution in [0.25, 0.3) is 10.2 Å². The first-order chi connectivity index (χ1) is 17.2. The molecule has 11 heteroatoms. The maximum atomic E-state index is 13.1. The van der Waals surface area contributed by atoms with Gasteiger partial charge in [0, 0.05) is 20.1 Å². The Bertz CT molecular complexity index is 1640. The van der Waals surface area contributed by atoms with Crippen LogP contribution in [-0.2, 0) is 35.7 Å². The maximum Gasteiger partial charge on any atom is 0.331 e. The SMILES string of the molecule is COc1cccc(CNC(=O)c2cc3c(=O)n(CCS(=O)(=O)Cc4ccccc4)c(=O)n(C)c3s2)c1. The second-order valence-corrected chi connectivity index (χ2v) is 11.5. The van der Waals surface area contributed by atoms with E-state index in [1.54, 1.807) is 49.6 Å². The van der Waals surface area contributed by atoms with Gasteiger partial charge in [-0.3, -0.25) is 18.7 Å². The average Bonchev–Trinajstić information content (AvgIpc) is 3.32. The van der Waals surface area contributed by atoms with Crippen molar-refractivity contribution in [2.75, 3.05) is 12.9 Å². The van der Waals surface area contributed by atoms with Gasteiger partial charge in [-0.1, -0.05) is 42.5 Å². The molecule has 1 amide bonds. The number of amides is 1. The summed E-state index contributed by atoms with van der Waals surface area (Å²) in [4.78, 5) is 39.3. The molecule has 0 spiro atoms. The van der Waals surface area contributed by atoms with Crippen molar-refractivity contribution in [3.8, 4) is 5.75 Å². The zero-order valence-electron chi connectivity index (χ0n) is 19.8. The zero-order valence-corrected chi connectivity index (χ0v) is 21.4. The number of aryl methyl sites for hydroxylation is 1. The second-order valence-electron chi connectivity index (χ2n) is 8.24. The summed E-state index contributed by atoms with van der Waals surface area (Å²) in [6.07, 6.45) is 0. The van der Waals surface area contributed by atoms with E-state index < -0.39 is 21.1 Å². The fourth-order valence-electron chi connectivity index (χ4n) is 3.78. The van der Waals surface area contributed by atoms with Crippen LogP contribution in [0.2, 0.25) is 0 Å². The lowest BCUT2D eigenvalue weighted by atomic mass is 10.2. The number of methoxy groups -OCH3 is 1. The molecule has 0 fully saturated rings. The van der Waals surface area contributed by atoms with Crippen LogP contribution in [0.1, 0.15) is 20.8 Å². The summed E-state index contributed by atoms with van der Waals surface area (Å²) < 4.78 is 32.5. The van der Waals surface area contributed by atoms with Crippen molar-refractivity contribution in [1.82, 2.24) is 14.5 Å². The molecule has 1 N–H and O–H groups in total. The number of aromatic nitrogens is 2. The molecule has 4 aromatic rings. The van der Waals surface area contributed by atoms with E-state index in [4.69, 9.17) is 4.74 Å². The molecule has 2 heterocycles. The van der Waals surface area contributed by atoms with Crippen molar-refractivity contribution in [1.29, 1.82) is 0 Å². The minimum atomic E-state index is -3.56. The van der Waals surface area contributed by atoms with Gasteiger partial charge < -0.3 is 10.1 Å². The van der Waals surface area contributed by atoms with Gasteiger partial charge in [0.25, 0.3) is 11.5 Å². The molecule has 0 aliphatic heterocycles. The fraction of sp³-hybridized carbons (Fsp3) is 0.240. The van der Waals surface area contributed by atoms with Crippen molar-refractivity contribution in [2.24, 2.45) is 7.05 Å². The first-order valence-electron chi connectivity index (χ1n) is 11.1. The van der Waals surface area contributed by atoms with Crippen LogP contribution in [0.4, 0.5) is 0 Å². The van der Waals surface area contributed by atoms with Crippen molar-refractivity contribution in [3.63, 3.8) is 0 Å². The number of carbonyl (C=O) groups is 1. The van der Waals surface area contributed by atoms with E-state index >= 15 is 0 Å². The standard InChI is InChI=1S/C25H25N3O6S2/c1-27-24-20(14-21(35-24)22(29)26-15-18-9-6-10-19(13-18)34-2)23(30)28(25(27)31)11-12-36(32,33)16-17-7-4-3-5-8-17/h3-10,13-14H,11-12,15-16H2,1-2H3,(H,26,29). The molecule has 4 rings (SSSR count). The Labute approximate surface area is 211 Å². The Balaban J connectivity index is 1.54. The quantitative estimate of drug-likeness (QED) is 0.357. The summed E-state index contributed by atoms with van der Waals surface area (Å²) in [5, 5.41) is 2.99. The molecule has 0 saturated carbocycles. The molecule has 2 aromatic carbocycles. The van der Waals surface area contributed by atoms with Gasteiger partial charge in [0.2, 0.25) is 0 Å². The van der Waals surface area contributed by atoms with Gasteiger partial charge in [0.05, 0.1) is 28.9 Å². The van der Waals surface area contributed by atoms with Gasteiger partial charge in [-0.05, 0) is 29.3 Å². The van der Waals surface area contributed by atoms with Gasteiger partial charge in [0.15, 0.2) is 9.84 Å². The molecule has 188 valence electrons. The number of benzene rings is 2. The number of fused-ring (bicyclic) bond motifs is 1. The van der Waals surface area contributed by atoms with Crippen LogP contribution in [0, 0.1) is 0 Å². The van der Waals surface area contributed by atoms with Crippen LogP contribution < -0.4 is 21.3 Å². The van der Waals surface area contributed by atoms with Crippen LogP contribution >= 0.6 is 11.3 Å². The van der Waals surface area contributed by atoms with E-state index in [0.29, 0.717) is 16.1 Å². The van der Waals surface area contributed by atoms with E-state index in [1.807, 2.05) is 12.1 Å². The Morgan fingerprint density at radius 2 is 1.75 bits per heavy atom. The number of sulfone groups is 1. The average molecular weight is 528 g/mol. The maximum absolute atomic E-state index is 13.1. The molecule has 0 unspecified atom stereocenters. The predicted molar refractivity (Wildman–Crippen MR) is 139 cm³/mol. The van der Waals surface area contributed by atoms with Crippen LogP contribution in [0.3, 0.4) is 0 Å². The number of rotatable bonds is 9. The molecule has 0 bridgehead atoms. The fourth-order valence-corrected chi connectivity index (χ4v) is 6.10. The second kappa shape index (κ2) is 10.5. The number of nitrogens with zero attached hydrogens (tertiary/aromatic N) is 2. The molecular weight excluding hydrogens is 502 g/mol. The highest BCUT2D eigenvalue weighted by atomic mass is 32.2. The number of hydrogen-bond donors (Lipinski definition) is 1. The van der Waals surface area contributed by atoms with Crippen LogP contribution in [0.15, 0.2) is 70.3 Å². The van der Waals surface area contributed by atoms with Crippen LogP contribution in [0.5, 0.6) is 5.75 Å². The van der Waals surface area contributed by atoms with Crippen molar-refractivity contribution in [3.05, 3.63) is 97.5 Å². The molecule has 0 atom stereocenters. The molecular formula is C25H25N3O6S2. The third-order valence-electron chi connectivity index (χ3n) is 5.68. The van der Waals surface area contributed by atoms with Crippen molar-refractivity contribution in [2.45, 2.75) is 18.8 Å². The number of ether oxygens (including phenoxy) is 1. The number of thiophene rings is 1. The van der Waals surface area contributed by atoms with Gasteiger partial charge in [-0.15, -0.1) is 11.3 Å². The van der Waals surface area contributed by atoms with Gasteiger partial charge in [-0.2, -0.15) is 0 Å². The highest BCUT2D eigenvalue weighted by molar-refractivity contribution is 7.90. The highest BCUT2D eigenvalue weighted by Gasteiger charge is 2.20. The summed E-state index contributed by atoms with van der Waals surface area (Å²) in [6.45, 7) is -0.0173. The minimum Gasteiger partial charge on any atom is -0.497 e. The third-order valence-corrected chi connectivity index (χ3v) is 8.46. The van der Waals surface area contributed by atoms with E-state index in [1.165, 1.54) is 17.7 Å². The Morgan fingerprint density at radius 1 is 1.03 bits per heavy atom. The lowest BCUT2D eigenvalue weighted by Gasteiger charge is -2.09. The molecule has 0 saturated heterocycles. The molecule has 0 aliphatic carbocycles. The Hall–Kier alpha value is -3.70. The number of carbonyl (C=O) groups excluding carboxylic acids is 1. The lowest BCUT2D eigenvalue weighted by Crippen LogP contribution is -2.40. The van der Waals surface area contributed by atoms with Crippen molar-refractivity contribution < 1.29 is 17.9 Å². The third kappa shape index (κ3) is 5.58. The molecule has 2 aromatic heterocycles. The first-order valence-corrected chi connectivity index (χ1v) is 13.7. The van der Waals surface area contributed by atoms with E-state index in [-0.39, 0.29) is 40.8 Å². The van der Waals surface area contributed by atoms with E-state index in [2.05, 4.69) is 5.32 Å².